The van der Waals surface area contributed by atoms with Crippen molar-refractivity contribution in [1.29, 1.82) is 0 Å². The molecule has 1 unspecified atom stereocenters. The normalized spacial score (nSPS) is 24.4. The van der Waals surface area contributed by atoms with Crippen molar-refractivity contribution in [2.45, 2.75) is 39.5 Å². The molecule has 0 aromatic heterocycles. The van der Waals surface area contributed by atoms with E-state index in [0.717, 1.165) is 25.9 Å². The fourth-order valence-corrected chi connectivity index (χ4v) is 2.80. The van der Waals surface area contributed by atoms with E-state index in [0.29, 0.717) is 19.0 Å². The van der Waals surface area contributed by atoms with E-state index in [1.807, 2.05) is 0 Å². The van der Waals surface area contributed by atoms with E-state index in [2.05, 4.69) is 10.2 Å². The van der Waals surface area contributed by atoms with Crippen LogP contribution in [0.3, 0.4) is 0 Å². The molecule has 1 aliphatic carbocycles. The molecule has 0 bridgehead atoms. The van der Waals surface area contributed by atoms with Gasteiger partial charge in [-0.05, 0) is 57.9 Å². The lowest BCUT2D eigenvalue weighted by Gasteiger charge is -2.38. The Balaban J connectivity index is 1.80. The van der Waals surface area contributed by atoms with Crippen LogP contribution in [0.15, 0.2) is 0 Å². The summed E-state index contributed by atoms with van der Waals surface area (Å²) in [7, 11) is 0. The lowest BCUT2D eigenvalue weighted by atomic mass is 9.74. The number of carboxylic acid groups (broad SMARTS) is 1. The molecule has 1 aliphatic heterocycles. The maximum Gasteiger partial charge on any atom is 0.309 e. The number of carboxylic acids is 1. The Bertz CT molecular complexity index is 377. The van der Waals surface area contributed by atoms with Gasteiger partial charge < -0.3 is 10.4 Å². The highest BCUT2D eigenvalue weighted by Crippen LogP contribution is 2.34. The average Bonchev–Trinajstić information content (AvgIpc) is 3.20. The van der Waals surface area contributed by atoms with Crippen LogP contribution in [0.25, 0.3) is 0 Å². The number of nitrogens with one attached hydrogen (secondary N) is 1. The van der Waals surface area contributed by atoms with Crippen LogP contribution in [-0.2, 0) is 9.59 Å². The second-order valence-electron chi connectivity index (χ2n) is 6.85. The van der Waals surface area contributed by atoms with Gasteiger partial charge in [-0.3, -0.25) is 14.5 Å². The predicted octanol–water partition coefficient (Wildman–Crippen LogP) is 1.34. The number of likely N-dealkylation sites (tertiary alicyclic amines) is 1. The van der Waals surface area contributed by atoms with Crippen LogP contribution in [0.4, 0.5) is 0 Å². The molecule has 2 aliphatic rings. The van der Waals surface area contributed by atoms with Gasteiger partial charge in [0.05, 0.1) is 12.0 Å². The molecule has 0 aromatic carbocycles. The first-order valence-electron chi connectivity index (χ1n) is 7.62. The number of hydrogen-bond acceptors (Lipinski definition) is 3. The zero-order valence-electron chi connectivity index (χ0n) is 12.5. The molecule has 20 heavy (non-hydrogen) atoms. The predicted molar refractivity (Wildman–Crippen MR) is 76.3 cm³/mol. The Morgan fingerprint density at radius 2 is 2.00 bits per heavy atom. The molecule has 0 radical (unpaired) electrons. The summed E-state index contributed by atoms with van der Waals surface area (Å²) in [4.78, 5) is 25.3. The third kappa shape index (κ3) is 3.95. The second kappa shape index (κ2) is 6.12. The number of carbonyl (C=O) groups excluding carboxylic acids is 1. The summed E-state index contributed by atoms with van der Waals surface area (Å²) in [5.41, 5.74) is -0.719. The minimum Gasteiger partial charge on any atom is -0.481 e. The van der Waals surface area contributed by atoms with E-state index in [-0.39, 0.29) is 11.8 Å². The van der Waals surface area contributed by atoms with E-state index in [4.69, 9.17) is 0 Å². The van der Waals surface area contributed by atoms with Crippen molar-refractivity contribution in [3.63, 3.8) is 0 Å². The molecule has 5 heteroatoms. The van der Waals surface area contributed by atoms with Gasteiger partial charge in [-0.25, -0.2) is 0 Å². The Hall–Kier alpha value is -1.10. The Kier molecular flexibility index (Phi) is 4.68. The SMILES string of the molecule is CC(C)(C(=O)O)C1CCCN(CC(=O)NCC2CC2)C1. The van der Waals surface area contributed by atoms with Crippen molar-refractivity contribution in [3.05, 3.63) is 0 Å². The molecule has 1 saturated carbocycles. The van der Waals surface area contributed by atoms with E-state index < -0.39 is 11.4 Å². The van der Waals surface area contributed by atoms with Crippen molar-refractivity contribution in [1.82, 2.24) is 10.2 Å². The molecule has 5 nitrogen and oxygen atoms in total. The zero-order valence-corrected chi connectivity index (χ0v) is 12.5. The summed E-state index contributed by atoms with van der Waals surface area (Å²) in [6.45, 7) is 6.38. The summed E-state index contributed by atoms with van der Waals surface area (Å²) in [5.74, 6) is 0.136. The van der Waals surface area contributed by atoms with Crippen molar-refractivity contribution in [2.75, 3.05) is 26.2 Å². The van der Waals surface area contributed by atoms with Crippen LogP contribution >= 0.6 is 0 Å². The third-order valence-corrected chi connectivity index (χ3v) is 4.73. The van der Waals surface area contributed by atoms with Crippen LogP contribution < -0.4 is 5.32 Å². The van der Waals surface area contributed by atoms with Crippen molar-refractivity contribution >= 4 is 11.9 Å². The van der Waals surface area contributed by atoms with E-state index in [9.17, 15) is 14.7 Å². The number of piperidine rings is 1. The molecule has 1 amide bonds. The molecule has 1 atom stereocenters. The number of aliphatic carboxylic acids is 1. The van der Waals surface area contributed by atoms with Gasteiger partial charge in [0.1, 0.15) is 0 Å². The number of amides is 1. The summed E-state index contributed by atoms with van der Waals surface area (Å²) in [6, 6.07) is 0. The van der Waals surface area contributed by atoms with Crippen LogP contribution in [0.5, 0.6) is 0 Å². The van der Waals surface area contributed by atoms with Gasteiger partial charge in [-0.15, -0.1) is 0 Å². The second-order valence-corrected chi connectivity index (χ2v) is 6.85. The van der Waals surface area contributed by atoms with Gasteiger partial charge >= 0.3 is 5.97 Å². The summed E-state index contributed by atoms with van der Waals surface area (Å²) < 4.78 is 0. The monoisotopic (exact) mass is 282 g/mol. The molecular weight excluding hydrogens is 256 g/mol. The first-order chi connectivity index (χ1) is 9.39. The number of carbonyl (C=O) groups is 2. The quantitative estimate of drug-likeness (QED) is 0.771. The van der Waals surface area contributed by atoms with Crippen molar-refractivity contribution in [2.24, 2.45) is 17.3 Å². The summed E-state index contributed by atoms with van der Waals surface area (Å²) in [5, 5.41) is 12.3. The fraction of sp³-hybridized carbons (Fsp3) is 0.867. The number of hydrogen-bond donors (Lipinski definition) is 2. The van der Waals surface area contributed by atoms with Crippen LogP contribution in [0.1, 0.15) is 39.5 Å². The summed E-state index contributed by atoms with van der Waals surface area (Å²) >= 11 is 0. The Labute approximate surface area is 120 Å². The maximum absolute atomic E-state index is 11.9. The smallest absolute Gasteiger partial charge is 0.309 e. The highest BCUT2D eigenvalue weighted by molar-refractivity contribution is 5.78. The Morgan fingerprint density at radius 1 is 1.30 bits per heavy atom. The standard InChI is InChI=1S/C15H26N2O3/c1-15(2,14(19)20)12-4-3-7-17(9-12)10-13(18)16-8-11-5-6-11/h11-12H,3-10H2,1-2H3,(H,16,18)(H,19,20). The van der Waals surface area contributed by atoms with E-state index in [1.54, 1.807) is 13.8 Å². The molecule has 2 N–H and O–H groups in total. The molecule has 2 rings (SSSR count). The molecular formula is C15H26N2O3. The minimum absolute atomic E-state index is 0.0747. The van der Waals surface area contributed by atoms with E-state index in [1.165, 1.54) is 12.8 Å². The Morgan fingerprint density at radius 3 is 2.60 bits per heavy atom. The number of nitrogens with zero attached hydrogens (tertiary/aromatic N) is 1. The topological polar surface area (TPSA) is 69.6 Å². The molecule has 2 fully saturated rings. The highest BCUT2D eigenvalue weighted by Gasteiger charge is 2.39. The summed E-state index contributed by atoms with van der Waals surface area (Å²) in [6.07, 6.45) is 4.37. The third-order valence-electron chi connectivity index (χ3n) is 4.73. The zero-order chi connectivity index (χ0) is 14.8. The molecule has 0 aromatic rings. The van der Waals surface area contributed by atoms with Gasteiger partial charge in [0.25, 0.3) is 0 Å². The molecule has 114 valence electrons. The van der Waals surface area contributed by atoms with Crippen LogP contribution in [-0.4, -0.2) is 48.1 Å². The van der Waals surface area contributed by atoms with Gasteiger partial charge in [-0.1, -0.05) is 0 Å². The molecule has 1 heterocycles. The largest absolute Gasteiger partial charge is 0.481 e. The first-order valence-corrected chi connectivity index (χ1v) is 7.62. The highest BCUT2D eigenvalue weighted by atomic mass is 16.4. The van der Waals surface area contributed by atoms with Crippen LogP contribution in [0.2, 0.25) is 0 Å². The first kappa shape index (κ1) is 15.3. The lowest BCUT2D eigenvalue weighted by molar-refractivity contribution is -0.151. The van der Waals surface area contributed by atoms with Crippen LogP contribution in [0, 0.1) is 17.3 Å². The maximum atomic E-state index is 11.9. The van der Waals surface area contributed by atoms with E-state index >= 15 is 0 Å². The fourth-order valence-electron chi connectivity index (χ4n) is 2.80. The van der Waals surface area contributed by atoms with Gasteiger partial charge in [0.2, 0.25) is 5.91 Å². The molecule has 0 spiro atoms. The molecule has 1 saturated heterocycles. The van der Waals surface area contributed by atoms with Gasteiger partial charge in [-0.2, -0.15) is 0 Å². The van der Waals surface area contributed by atoms with Crippen molar-refractivity contribution < 1.29 is 14.7 Å². The van der Waals surface area contributed by atoms with Gasteiger partial charge in [0, 0.05) is 13.1 Å². The average molecular weight is 282 g/mol. The van der Waals surface area contributed by atoms with Gasteiger partial charge in [0.15, 0.2) is 0 Å². The minimum atomic E-state index is -0.748. The lowest BCUT2D eigenvalue weighted by Crippen LogP contribution is -2.47. The number of rotatable bonds is 6. The van der Waals surface area contributed by atoms with Crippen molar-refractivity contribution in [3.8, 4) is 0 Å².